The number of likely N-dealkylation sites (tertiary alicyclic amines) is 1. The zero-order valence-electron chi connectivity index (χ0n) is 16.5. The number of aryl methyl sites for hydroxylation is 2. The summed E-state index contributed by atoms with van der Waals surface area (Å²) in [4.78, 5) is 30.4. The van der Waals surface area contributed by atoms with Gasteiger partial charge in [0.2, 0.25) is 0 Å². The molecular formula is C23H22Cl2N2O2. The molecule has 0 unspecified atom stereocenters. The molecule has 2 aliphatic rings. The van der Waals surface area contributed by atoms with Crippen LogP contribution < -0.4 is 4.90 Å². The maximum Gasteiger partial charge on any atom is 0.282 e. The number of amides is 2. The Hall–Kier alpha value is -2.30. The van der Waals surface area contributed by atoms with Crippen LogP contribution in [-0.4, -0.2) is 29.8 Å². The fourth-order valence-corrected chi connectivity index (χ4v) is 4.68. The van der Waals surface area contributed by atoms with E-state index >= 15 is 0 Å². The number of hydrogen-bond donors (Lipinski definition) is 0. The molecule has 2 aromatic carbocycles. The van der Waals surface area contributed by atoms with E-state index in [0.29, 0.717) is 32.6 Å². The highest BCUT2D eigenvalue weighted by Gasteiger charge is 2.43. The zero-order chi connectivity index (χ0) is 20.7. The number of carbonyl (C=O) groups excluding carboxylic acids is 2. The van der Waals surface area contributed by atoms with Gasteiger partial charge in [-0.15, -0.1) is 0 Å². The van der Waals surface area contributed by atoms with Crippen molar-refractivity contribution in [3.63, 3.8) is 0 Å². The first-order chi connectivity index (χ1) is 13.9. The van der Waals surface area contributed by atoms with E-state index in [1.54, 1.807) is 18.2 Å². The van der Waals surface area contributed by atoms with E-state index in [1.165, 1.54) is 4.90 Å². The van der Waals surface area contributed by atoms with Crippen LogP contribution in [0.2, 0.25) is 10.0 Å². The second kappa shape index (κ2) is 7.85. The quantitative estimate of drug-likeness (QED) is 0.615. The van der Waals surface area contributed by atoms with Crippen LogP contribution in [0.5, 0.6) is 0 Å². The van der Waals surface area contributed by atoms with Crippen LogP contribution >= 0.6 is 23.2 Å². The van der Waals surface area contributed by atoms with E-state index in [2.05, 4.69) is 0 Å². The number of piperidine rings is 1. The van der Waals surface area contributed by atoms with Gasteiger partial charge in [0, 0.05) is 23.7 Å². The van der Waals surface area contributed by atoms with Gasteiger partial charge in [0.25, 0.3) is 11.8 Å². The van der Waals surface area contributed by atoms with Gasteiger partial charge in [0.15, 0.2) is 0 Å². The lowest BCUT2D eigenvalue weighted by molar-refractivity contribution is -0.120. The molecular weight excluding hydrogens is 407 g/mol. The summed E-state index contributed by atoms with van der Waals surface area (Å²) in [5, 5.41) is 0.854. The van der Waals surface area contributed by atoms with E-state index in [-0.39, 0.29) is 11.8 Å². The van der Waals surface area contributed by atoms with Crippen molar-refractivity contribution < 1.29 is 9.59 Å². The van der Waals surface area contributed by atoms with Crippen molar-refractivity contribution in [3.05, 3.63) is 68.8 Å². The number of anilines is 1. The largest absolute Gasteiger partial charge is 0.366 e. The van der Waals surface area contributed by atoms with Crippen molar-refractivity contribution in [1.82, 2.24) is 4.90 Å². The molecule has 2 aromatic rings. The first kappa shape index (κ1) is 20.0. The Balaban J connectivity index is 1.88. The van der Waals surface area contributed by atoms with E-state index in [1.807, 2.05) is 36.9 Å². The fraction of sp³-hybridized carbons (Fsp3) is 0.304. The van der Waals surface area contributed by atoms with Gasteiger partial charge in [0.1, 0.15) is 5.70 Å². The molecule has 0 saturated carbocycles. The van der Waals surface area contributed by atoms with Crippen molar-refractivity contribution in [2.45, 2.75) is 33.1 Å². The van der Waals surface area contributed by atoms with Crippen LogP contribution in [0.25, 0.3) is 5.57 Å². The highest BCUT2D eigenvalue weighted by atomic mass is 35.5. The number of imide groups is 1. The zero-order valence-corrected chi connectivity index (χ0v) is 18.0. The predicted octanol–water partition coefficient (Wildman–Crippen LogP) is 5.38. The molecule has 29 heavy (non-hydrogen) atoms. The van der Waals surface area contributed by atoms with Gasteiger partial charge in [-0.1, -0.05) is 35.3 Å². The number of rotatable bonds is 3. The summed E-state index contributed by atoms with van der Waals surface area (Å²) in [5.41, 5.74) is 3.93. The van der Waals surface area contributed by atoms with E-state index in [4.69, 9.17) is 23.2 Å². The molecule has 4 rings (SSSR count). The Labute approximate surface area is 180 Å². The van der Waals surface area contributed by atoms with Gasteiger partial charge in [-0.25, -0.2) is 4.90 Å². The number of carbonyl (C=O) groups is 2. The minimum absolute atomic E-state index is 0.289. The molecule has 0 aromatic heterocycles. The van der Waals surface area contributed by atoms with Crippen LogP contribution in [0, 0.1) is 13.8 Å². The van der Waals surface area contributed by atoms with Crippen LogP contribution in [0.4, 0.5) is 5.69 Å². The summed E-state index contributed by atoms with van der Waals surface area (Å²) in [6, 6.07) is 10.8. The van der Waals surface area contributed by atoms with E-state index < -0.39 is 0 Å². The Morgan fingerprint density at radius 2 is 1.48 bits per heavy atom. The number of halogens is 2. The van der Waals surface area contributed by atoms with Crippen molar-refractivity contribution in [2.24, 2.45) is 0 Å². The predicted molar refractivity (Wildman–Crippen MR) is 117 cm³/mol. The highest BCUT2D eigenvalue weighted by molar-refractivity contribution is 6.47. The van der Waals surface area contributed by atoms with Crippen molar-refractivity contribution >= 4 is 46.3 Å². The SMILES string of the molecule is Cc1cc(C)cc(N2C(=O)C(c3ccc(Cl)cc3Cl)=C(N3CCCCC3)C2=O)c1. The molecule has 0 aliphatic carbocycles. The van der Waals surface area contributed by atoms with Gasteiger partial charge in [-0.3, -0.25) is 9.59 Å². The Bertz CT molecular complexity index is 1020. The van der Waals surface area contributed by atoms with Gasteiger partial charge in [-0.05, 0) is 68.5 Å². The van der Waals surface area contributed by atoms with Crippen molar-refractivity contribution in [1.29, 1.82) is 0 Å². The summed E-state index contributed by atoms with van der Waals surface area (Å²) >= 11 is 12.5. The second-order valence-electron chi connectivity index (χ2n) is 7.69. The van der Waals surface area contributed by atoms with Gasteiger partial charge < -0.3 is 4.90 Å². The van der Waals surface area contributed by atoms with Gasteiger partial charge in [-0.2, -0.15) is 0 Å². The molecule has 2 aliphatic heterocycles. The highest BCUT2D eigenvalue weighted by Crippen LogP contribution is 2.39. The fourth-order valence-electron chi connectivity index (χ4n) is 4.18. The van der Waals surface area contributed by atoms with Crippen molar-refractivity contribution in [3.8, 4) is 0 Å². The first-order valence-electron chi connectivity index (χ1n) is 9.78. The third-order valence-electron chi connectivity index (χ3n) is 5.40. The summed E-state index contributed by atoms with van der Waals surface area (Å²) in [6.07, 6.45) is 3.12. The van der Waals surface area contributed by atoms with Crippen LogP contribution in [-0.2, 0) is 9.59 Å². The average Bonchev–Trinajstić information content (AvgIpc) is 2.92. The van der Waals surface area contributed by atoms with E-state index in [9.17, 15) is 9.59 Å². The molecule has 2 amide bonds. The molecule has 0 radical (unpaired) electrons. The average molecular weight is 429 g/mol. The molecule has 0 spiro atoms. The molecule has 1 fully saturated rings. The standard InChI is InChI=1S/C23H22Cl2N2O2/c1-14-10-15(2)12-17(11-14)27-22(28)20(18-7-6-16(24)13-19(18)25)21(23(27)29)26-8-4-3-5-9-26/h6-7,10-13H,3-5,8-9H2,1-2H3. The first-order valence-corrected chi connectivity index (χ1v) is 10.5. The lowest BCUT2D eigenvalue weighted by atomic mass is 10.0. The number of nitrogens with zero attached hydrogens (tertiary/aromatic N) is 2. The van der Waals surface area contributed by atoms with Crippen LogP contribution in [0.15, 0.2) is 42.1 Å². The summed E-state index contributed by atoms with van der Waals surface area (Å²) in [6.45, 7) is 5.42. The molecule has 1 saturated heterocycles. The molecule has 150 valence electrons. The Morgan fingerprint density at radius 3 is 2.10 bits per heavy atom. The molecule has 0 N–H and O–H groups in total. The molecule has 6 heteroatoms. The van der Waals surface area contributed by atoms with Gasteiger partial charge >= 0.3 is 0 Å². The van der Waals surface area contributed by atoms with Crippen molar-refractivity contribution in [2.75, 3.05) is 18.0 Å². The summed E-state index contributed by atoms with van der Waals surface area (Å²) < 4.78 is 0. The lowest BCUT2D eigenvalue weighted by Crippen LogP contribution is -2.37. The monoisotopic (exact) mass is 428 g/mol. The van der Waals surface area contributed by atoms with Gasteiger partial charge in [0.05, 0.1) is 16.3 Å². The molecule has 2 heterocycles. The minimum atomic E-state index is -0.343. The molecule has 0 bridgehead atoms. The smallest absolute Gasteiger partial charge is 0.282 e. The maximum absolute atomic E-state index is 13.6. The molecule has 4 nitrogen and oxygen atoms in total. The summed E-state index contributed by atoms with van der Waals surface area (Å²) in [7, 11) is 0. The van der Waals surface area contributed by atoms with E-state index in [0.717, 1.165) is 43.5 Å². The van der Waals surface area contributed by atoms with Crippen LogP contribution in [0.1, 0.15) is 36.0 Å². The third kappa shape index (κ3) is 3.67. The maximum atomic E-state index is 13.6. The second-order valence-corrected chi connectivity index (χ2v) is 8.53. The lowest BCUT2D eigenvalue weighted by Gasteiger charge is -2.29. The Morgan fingerprint density at radius 1 is 0.828 bits per heavy atom. The summed E-state index contributed by atoms with van der Waals surface area (Å²) in [5.74, 6) is -0.632. The van der Waals surface area contributed by atoms with Crippen LogP contribution in [0.3, 0.4) is 0 Å². The minimum Gasteiger partial charge on any atom is -0.366 e. The number of hydrogen-bond acceptors (Lipinski definition) is 3. The third-order valence-corrected chi connectivity index (χ3v) is 5.94. The normalized spacial score (nSPS) is 17.5. The Kier molecular flexibility index (Phi) is 5.41. The molecule has 0 atom stereocenters. The number of benzene rings is 2. The topological polar surface area (TPSA) is 40.6 Å².